The number of aromatic nitrogens is 10. The van der Waals surface area contributed by atoms with E-state index in [-0.39, 0.29) is 51.7 Å². The standard InChI is InChI=1S/2C11H15NO.2C11H11NO.4C10H10N2O.C10H11NO.C10H13NO/c1-8-3-4-9-7-12(2)11(13)6-10(9)5-8;1-8-3-4-9-6-11(13)12(2)7-10(9)5-8;1-8-3-4-10-9(7-8)5-6-12(2)11(10)13;1-8-3-4-9-5-6-12(2)11(13)10(9)7-8;1-7-3-4-9-8(5-7)10(13)12(2)6-11-9;1-7-3-4-9-8(5-7)6-11-12(2)10(9)13;1-7-3-4-8-9(5-7)11-6-12(2)10(8)13;1-7-3-4-8-6-11-12(2)10(13)9(8)5-7;1-7-3-4-9-8(5-7)6-11(2)10(9)12;1-7-3-4-8-6-11(2)10(12)9(8)5-7/h2*3-5,11,13H,6-7H2,1-2H3;2*3-7H,1-2H3;4*3-6H,1-2H3;3-5H,6H2,1-2H3;3-5,10,12H,6H2,1-2H3. The number of amides is 1. The third-order valence-electron chi connectivity index (χ3n) is 22.9. The lowest BCUT2D eigenvalue weighted by Gasteiger charge is -2.30. The number of benzene rings is 10. The molecule has 3 unspecified atom stereocenters. The molecule has 20 rings (SSSR count). The number of hydrogen-bond donors (Lipinski definition) is 3. The van der Waals surface area contributed by atoms with Gasteiger partial charge in [-0.3, -0.25) is 48.3 Å². The number of aryl methyl sites for hydroxylation is 16. The van der Waals surface area contributed by atoms with Gasteiger partial charge in [0, 0.05) is 133 Å². The van der Waals surface area contributed by atoms with Crippen LogP contribution in [0, 0.1) is 69.2 Å². The van der Waals surface area contributed by atoms with Crippen LogP contribution in [0.3, 0.4) is 0 Å². The van der Waals surface area contributed by atoms with E-state index < -0.39 is 6.23 Å². The van der Waals surface area contributed by atoms with E-state index in [1.54, 1.807) is 93.8 Å². The first-order valence-corrected chi connectivity index (χ1v) is 42.4. The molecule has 10 aromatic carbocycles. The monoisotopic (exact) mass is 1720 g/mol. The zero-order valence-corrected chi connectivity index (χ0v) is 76.9. The van der Waals surface area contributed by atoms with Gasteiger partial charge in [-0.15, -0.1) is 0 Å². The Morgan fingerprint density at radius 3 is 1.29 bits per heavy atom. The number of aliphatic hydroxyl groups is 3. The number of aliphatic hydroxyl groups excluding tert-OH is 3. The number of carbonyl (C=O) groups excluding carboxylic acids is 1. The first kappa shape index (κ1) is 95.1. The van der Waals surface area contributed by atoms with Gasteiger partial charge in [0.1, 0.15) is 18.7 Å². The average molecular weight is 1720 g/mol. The molecular weight excluding hydrogens is 1610 g/mol. The Morgan fingerprint density at radius 2 is 0.680 bits per heavy atom. The highest BCUT2D eigenvalue weighted by Crippen LogP contribution is 2.31. The lowest BCUT2D eigenvalue weighted by molar-refractivity contribution is 0.00874. The van der Waals surface area contributed by atoms with Gasteiger partial charge in [0.25, 0.3) is 39.3 Å². The molecule has 4 aliphatic rings. The second-order valence-electron chi connectivity index (χ2n) is 33.9. The summed E-state index contributed by atoms with van der Waals surface area (Å²) >= 11 is 0. The molecule has 0 aliphatic carbocycles. The molecule has 0 radical (unpaired) electrons. The summed E-state index contributed by atoms with van der Waals surface area (Å²) < 4.78 is 8.86. The van der Waals surface area contributed by atoms with E-state index in [1.165, 1.54) is 74.1 Å². The molecule has 24 nitrogen and oxygen atoms in total. The van der Waals surface area contributed by atoms with Crippen molar-refractivity contribution in [3.8, 4) is 0 Å². The summed E-state index contributed by atoms with van der Waals surface area (Å²) in [5.74, 6) is 0.144. The predicted octanol–water partition coefficient (Wildman–Crippen LogP) is 14.3. The lowest BCUT2D eigenvalue weighted by Crippen LogP contribution is -2.37. The molecule has 3 N–H and O–H groups in total. The zero-order chi connectivity index (χ0) is 92.8. The SMILES string of the molecule is Cc1ccc2c(=O)n(C)ccc2c1.Cc1ccc2c(=O)n(C)cnc2c1.Cc1ccc2c(=O)n(C)ncc2c1.Cc1ccc2c(c1)C(O)N(C)C2.Cc1ccc2c(c1)CC(O)N(C)C2.Cc1ccc2c(c1)CN(C)C(O)C2.Cc1ccc2c(c1)CN(C)C2=O.Cc1ccc2ccn(C)c(=O)c2c1.Cc1ccc2cnn(C)c(=O)c2c1.Cc1ccc2ncn(C)c(=O)c2c1. The van der Waals surface area contributed by atoms with Crippen LogP contribution in [-0.4, -0.2) is 129 Å². The molecule has 0 fully saturated rings. The molecule has 128 heavy (non-hydrogen) atoms. The van der Waals surface area contributed by atoms with Crippen molar-refractivity contribution in [3.63, 3.8) is 0 Å². The molecule has 6 aromatic heterocycles. The third-order valence-corrected chi connectivity index (χ3v) is 22.9. The van der Waals surface area contributed by atoms with Crippen molar-refractivity contribution in [2.24, 2.45) is 42.3 Å². The highest BCUT2D eigenvalue weighted by molar-refractivity contribution is 5.98. The fraction of sp³-hybridized carbons (Fsp3) is 0.279. The Balaban J connectivity index is 0.000000138. The van der Waals surface area contributed by atoms with Crippen LogP contribution in [-0.2, 0) is 81.3 Å². The Labute approximate surface area is 745 Å². The lowest BCUT2D eigenvalue weighted by atomic mass is 9.97. The Kier molecular flexibility index (Phi) is 31.3. The maximum atomic E-state index is 11.6. The first-order chi connectivity index (χ1) is 60.8. The third kappa shape index (κ3) is 23.7. The van der Waals surface area contributed by atoms with Crippen LogP contribution in [0.4, 0.5) is 0 Å². The molecule has 3 atom stereocenters. The highest BCUT2D eigenvalue weighted by Gasteiger charge is 2.27. The summed E-state index contributed by atoms with van der Waals surface area (Å²) in [5.41, 5.74) is 22.9. The highest BCUT2D eigenvalue weighted by atomic mass is 16.3. The minimum absolute atomic E-state index is 0.00463. The molecule has 4 aliphatic heterocycles. The largest absolute Gasteiger partial charge is 0.378 e. The number of fused-ring (bicyclic) bond motifs is 10. The van der Waals surface area contributed by atoms with Crippen LogP contribution >= 0.6 is 0 Å². The van der Waals surface area contributed by atoms with E-state index in [1.807, 2.05) is 232 Å². The number of rotatable bonds is 0. The van der Waals surface area contributed by atoms with E-state index in [2.05, 4.69) is 94.7 Å². The van der Waals surface area contributed by atoms with Gasteiger partial charge in [0.15, 0.2) is 0 Å². The number of likely N-dealkylation sites (N-methyl/N-ethyl adjacent to an activating group) is 2. The molecule has 662 valence electrons. The van der Waals surface area contributed by atoms with Gasteiger partial charge in [-0.05, 0) is 213 Å². The summed E-state index contributed by atoms with van der Waals surface area (Å²) in [6.07, 6.45) is 10.6. The average Bonchev–Trinajstić information content (AvgIpc) is 1.56. The van der Waals surface area contributed by atoms with E-state index >= 15 is 0 Å². The molecule has 0 spiro atoms. The van der Waals surface area contributed by atoms with Gasteiger partial charge < -0.3 is 38.5 Å². The van der Waals surface area contributed by atoms with Crippen molar-refractivity contribution in [2.45, 2.75) is 127 Å². The van der Waals surface area contributed by atoms with Crippen LogP contribution in [0.5, 0.6) is 0 Å². The zero-order valence-electron chi connectivity index (χ0n) is 76.9. The van der Waals surface area contributed by atoms with Crippen LogP contribution in [0.1, 0.15) is 111 Å². The summed E-state index contributed by atoms with van der Waals surface area (Å²) in [5, 5.41) is 45.1. The molecular formula is C104H116N14O10. The molecule has 0 bridgehead atoms. The maximum absolute atomic E-state index is 11.6. The van der Waals surface area contributed by atoms with Crippen molar-refractivity contribution >= 4 is 70.8 Å². The second kappa shape index (κ2) is 42.1. The van der Waals surface area contributed by atoms with Gasteiger partial charge >= 0.3 is 0 Å². The van der Waals surface area contributed by atoms with Gasteiger partial charge in [-0.25, -0.2) is 19.3 Å². The molecule has 24 heteroatoms. The van der Waals surface area contributed by atoms with Crippen molar-refractivity contribution in [1.29, 1.82) is 0 Å². The minimum atomic E-state index is -0.403. The van der Waals surface area contributed by atoms with Crippen LogP contribution in [0.2, 0.25) is 0 Å². The van der Waals surface area contributed by atoms with Crippen molar-refractivity contribution in [2.75, 3.05) is 28.2 Å². The van der Waals surface area contributed by atoms with Crippen LogP contribution in [0.25, 0.3) is 64.9 Å². The first-order valence-electron chi connectivity index (χ1n) is 42.4. The van der Waals surface area contributed by atoms with Crippen molar-refractivity contribution < 1.29 is 20.1 Å². The van der Waals surface area contributed by atoms with E-state index in [0.717, 1.165) is 138 Å². The smallest absolute Gasteiger partial charge is 0.274 e. The topological polar surface area (TPSA) is 274 Å². The number of carbonyl (C=O) groups is 1. The van der Waals surface area contributed by atoms with Gasteiger partial charge in [-0.1, -0.05) is 171 Å². The van der Waals surface area contributed by atoms with Crippen LogP contribution in [0.15, 0.2) is 260 Å². The Morgan fingerprint density at radius 1 is 0.289 bits per heavy atom. The van der Waals surface area contributed by atoms with Crippen molar-refractivity contribution in [3.05, 3.63) is 394 Å². The fourth-order valence-corrected chi connectivity index (χ4v) is 15.2. The molecule has 0 saturated carbocycles. The van der Waals surface area contributed by atoms with Gasteiger partial charge in [0.05, 0.1) is 57.6 Å². The van der Waals surface area contributed by atoms with E-state index in [0.29, 0.717) is 10.8 Å². The number of hydrogen-bond acceptors (Lipinski definition) is 17. The summed E-state index contributed by atoms with van der Waals surface area (Å²) in [6.45, 7) is 23.6. The number of nitrogens with zero attached hydrogens (tertiary/aromatic N) is 14. The minimum Gasteiger partial charge on any atom is -0.378 e. The summed E-state index contributed by atoms with van der Waals surface area (Å²) in [7, 11) is 17.9. The molecule has 16 aromatic rings. The van der Waals surface area contributed by atoms with Gasteiger partial charge in [0.2, 0.25) is 0 Å². The van der Waals surface area contributed by atoms with Crippen LogP contribution < -0.4 is 33.4 Å². The summed E-state index contributed by atoms with van der Waals surface area (Å²) in [6, 6.07) is 63.7. The van der Waals surface area contributed by atoms with E-state index in [9.17, 15) is 48.9 Å². The Hall–Kier alpha value is -13.6. The fourth-order valence-electron chi connectivity index (χ4n) is 15.2. The van der Waals surface area contributed by atoms with E-state index in [4.69, 9.17) is 0 Å². The molecule has 0 saturated heterocycles. The Bertz CT molecular complexity index is 6630. The van der Waals surface area contributed by atoms with Gasteiger partial charge in [-0.2, -0.15) is 10.2 Å². The summed E-state index contributed by atoms with van der Waals surface area (Å²) in [4.78, 5) is 96.9. The number of pyridine rings is 2. The van der Waals surface area contributed by atoms with Crippen molar-refractivity contribution in [1.82, 2.24) is 67.4 Å². The maximum Gasteiger partial charge on any atom is 0.274 e. The second-order valence-corrected chi connectivity index (χ2v) is 33.9. The molecule has 10 heterocycles. The quantitative estimate of drug-likeness (QED) is 0.127. The predicted molar refractivity (Wildman–Crippen MR) is 514 cm³/mol. The molecule has 1 amide bonds. The normalized spacial score (nSPS) is 14.7.